The molecule has 328 valence electrons. The first-order chi connectivity index (χ1) is 25.5. The average Bonchev–Trinajstić information content (AvgIpc) is 3.11. The van der Waals surface area contributed by atoms with Crippen molar-refractivity contribution in [2.45, 2.75) is 177 Å². The van der Waals surface area contributed by atoms with Crippen molar-refractivity contribution in [1.82, 2.24) is 0 Å². The first-order valence-corrected chi connectivity index (χ1v) is 21.8. The van der Waals surface area contributed by atoms with E-state index in [0.717, 1.165) is 58.3 Å². The molecule has 0 aromatic heterocycles. The standard InChI is InChI=1S/C26H55O10P.C13H28O4.Na/c1-9-11-13-29-15-21(3)31-17-23(5)33-19-25(7)35-37(27,28)36-26(8)20-34-24(6)18-32-22(4)16-30-14-12-10-2;1-5-6-7-15-9-12(3)17-10-13(4)16-8-11(2)14;/h21-26H,9-20H2,1-8H3,(H,27,28);11-14H,5-10H2,1-4H3;/q;;+1/p-1. The number of phosphoric acid groups is 1. The molecule has 0 aliphatic carbocycles. The number of ether oxygens (including phenoxy) is 9. The van der Waals surface area contributed by atoms with Gasteiger partial charge in [0.15, 0.2) is 0 Å². The molecule has 0 fully saturated rings. The van der Waals surface area contributed by atoms with Crippen LogP contribution in [0.5, 0.6) is 0 Å². The van der Waals surface area contributed by atoms with E-state index in [1.165, 1.54) is 0 Å². The molecule has 0 spiro atoms. The van der Waals surface area contributed by atoms with Crippen LogP contribution in [0, 0.1) is 0 Å². The Kier molecular flexibility index (Phi) is 43.8. The molecule has 0 aliphatic rings. The molecule has 14 nitrogen and oxygen atoms in total. The molecule has 0 aromatic rings. The Morgan fingerprint density at radius 3 is 0.927 bits per heavy atom. The zero-order valence-corrected chi connectivity index (χ0v) is 40.0. The second-order valence-electron chi connectivity index (χ2n) is 14.3. The minimum atomic E-state index is -4.53. The van der Waals surface area contributed by atoms with Gasteiger partial charge in [-0.15, -0.1) is 0 Å². The normalized spacial score (nSPS) is 17.7. The van der Waals surface area contributed by atoms with Crippen LogP contribution >= 0.6 is 7.82 Å². The first-order valence-electron chi connectivity index (χ1n) is 20.3. The predicted molar refractivity (Wildman–Crippen MR) is 210 cm³/mol. The number of hydrogen-bond acceptors (Lipinski definition) is 14. The number of hydrogen-bond donors (Lipinski definition) is 1. The first kappa shape index (κ1) is 60.0. The average molecular weight is 829 g/mol. The van der Waals surface area contributed by atoms with E-state index in [1.807, 2.05) is 41.5 Å². The quantitative estimate of drug-likeness (QED) is 0.0550. The molecule has 9 atom stereocenters. The van der Waals surface area contributed by atoms with E-state index in [9.17, 15) is 9.46 Å². The molecule has 16 heteroatoms. The van der Waals surface area contributed by atoms with Crippen molar-refractivity contribution in [3.05, 3.63) is 0 Å². The Morgan fingerprint density at radius 2 is 0.673 bits per heavy atom. The molecule has 0 radical (unpaired) electrons. The van der Waals surface area contributed by atoms with Crippen LogP contribution in [0.4, 0.5) is 0 Å². The minimum Gasteiger partial charge on any atom is -0.756 e. The third-order valence-corrected chi connectivity index (χ3v) is 8.54. The van der Waals surface area contributed by atoms with E-state index < -0.39 is 26.1 Å². The topological polar surface area (TPSA) is 162 Å². The number of phosphoric ester groups is 1. The Hall–Kier alpha value is 0.710. The van der Waals surface area contributed by atoms with Gasteiger partial charge in [-0.1, -0.05) is 40.0 Å². The molecule has 0 saturated heterocycles. The fraction of sp³-hybridized carbons (Fsp3) is 1.00. The summed E-state index contributed by atoms with van der Waals surface area (Å²) in [4.78, 5) is 12.3. The minimum absolute atomic E-state index is 0. The van der Waals surface area contributed by atoms with Crippen molar-refractivity contribution >= 4 is 7.82 Å². The molecule has 9 unspecified atom stereocenters. The molecule has 0 bridgehead atoms. The molecule has 0 saturated carbocycles. The maximum absolute atomic E-state index is 12.3. The molecule has 0 amide bonds. The molecule has 0 heterocycles. The summed E-state index contributed by atoms with van der Waals surface area (Å²) in [5.74, 6) is 0. The third-order valence-electron chi connectivity index (χ3n) is 7.30. The van der Waals surface area contributed by atoms with Crippen LogP contribution in [0.25, 0.3) is 0 Å². The SMILES string of the molecule is CCCCOCC(C)OCC(C)OCC(C)O.CCCCOCC(C)OCC(C)OCC(C)OP(=O)([O-])OC(C)COC(C)COC(C)COCCCC.[Na+]. The third kappa shape index (κ3) is 44.1. The van der Waals surface area contributed by atoms with Gasteiger partial charge >= 0.3 is 29.6 Å². The van der Waals surface area contributed by atoms with Crippen LogP contribution in [0.15, 0.2) is 0 Å². The van der Waals surface area contributed by atoms with E-state index in [4.69, 9.17) is 56.8 Å². The van der Waals surface area contributed by atoms with Gasteiger partial charge in [-0.2, -0.15) is 0 Å². The van der Waals surface area contributed by atoms with Crippen LogP contribution in [0.2, 0.25) is 0 Å². The van der Waals surface area contributed by atoms with Crippen molar-refractivity contribution < 1.29 is 95.8 Å². The maximum Gasteiger partial charge on any atom is 1.00 e. The van der Waals surface area contributed by atoms with Crippen LogP contribution in [0.3, 0.4) is 0 Å². The zero-order chi connectivity index (χ0) is 41.2. The van der Waals surface area contributed by atoms with Crippen molar-refractivity contribution in [3.8, 4) is 0 Å². The second-order valence-corrected chi connectivity index (χ2v) is 15.6. The summed E-state index contributed by atoms with van der Waals surface area (Å²) in [6, 6.07) is 0. The molecule has 0 aliphatic heterocycles. The Balaban J connectivity index is -0.00000126. The van der Waals surface area contributed by atoms with E-state index >= 15 is 0 Å². The molecule has 55 heavy (non-hydrogen) atoms. The number of aliphatic hydroxyl groups excluding tert-OH is 1. The summed E-state index contributed by atoms with van der Waals surface area (Å²) < 4.78 is 72.7. The summed E-state index contributed by atoms with van der Waals surface area (Å²) in [5.41, 5.74) is 0. The van der Waals surface area contributed by atoms with Gasteiger partial charge in [0.1, 0.15) is 0 Å². The van der Waals surface area contributed by atoms with E-state index in [-0.39, 0.29) is 79.4 Å². The van der Waals surface area contributed by atoms with Crippen molar-refractivity contribution in [2.24, 2.45) is 0 Å². The fourth-order valence-electron chi connectivity index (χ4n) is 4.10. The number of rotatable bonds is 37. The summed E-state index contributed by atoms with van der Waals surface area (Å²) in [6.45, 7) is 28.6. The predicted octanol–water partition coefficient (Wildman–Crippen LogP) is 3.52. The van der Waals surface area contributed by atoms with Gasteiger partial charge in [0.2, 0.25) is 0 Å². The summed E-state index contributed by atoms with van der Waals surface area (Å²) in [7, 11) is -4.53. The smallest absolute Gasteiger partial charge is 0.756 e. The molecule has 1 N–H and O–H groups in total. The molecular weight excluding hydrogens is 746 g/mol. The Morgan fingerprint density at radius 1 is 0.436 bits per heavy atom. The van der Waals surface area contributed by atoms with Gasteiger partial charge in [-0.3, -0.25) is 4.57 Å². The molecule has 0 rings (SSSR count). The summed E-state index contributed by atoms with van der Waals surface area (Å²) in [5, 5.41) is 9.06. The molecular formula is C39H82NaO14P. The van der Waals surface area contributed by atoms with Gasteiger partial charge in [-0.05, 0) is 81.6 Å². The van der Waals surface area contributed by atoms with E-state index in [1.54, 1.807) is 20.8 Å². The van der Waals surface area contributed by atoms with E-state index in [2.05, 4.69) is 20.8 Å². The Labute approximate surface area is 357 Å². The summed E-state index contributed by atoms with van der Waals surface area (Å²) >= 11 is 0. The van der Waals surface area contributed by atoms with Gasteiger partial charge in [0.25, 0.3) is 7.82 Å². The van der Waals surface area contributed by atoms with Crippen molar-refractivity contribution in [2.75, 3.05) is 79.3 Å². The van der Waals surface area contributed by atoms with Gasteiger partial charge < -0.3 is 61.7 Å². The maximum atomic E-state index is 12.3. The largest absolute Gasteiger partial charge is 1.00 e. The van der Waals surface area contributed by atoms with Gasteiger partial charge in [-0.25, -0.2) is 0 Å². The van der Waals surface area contributed by atoms with E-state index in [0.29, 0.717) is 46.2 Å². The number of unbranched alkanes of at least 4 members (excludes halogenated alkanes) is 3. The fourth-order valence-corrected chi connectivity index (χ4v) is 5.16. The van der Waals surface area contributed by atoms with Crippen molar-refractivity contribution in [1.29, 1.82) is 0 Å². The van der Waals surface area contributed by atoms with Crippen molar-refractivity contribution in [3.63, 3.8) is 0 Å². The summed E-state index contributed by atoms with van der Waals surface area (Å²) in [6.07, 6.45) is 4.23. The monoisotopic (exact) mass is 829 g/mol. The van der Waals surface area contributed by atoms with Crippen LogP contribution in [0.1, 0.15) is 122 Å². The Bertz CT molecular complexity index is 804. The zero-order valence-electron chi connectivity index (χ0n) is 37.1. The van der Waals surface area contributed by atoms with Gasteiger partial charge in [0, 0.05) is 19.8 Å². The van der Waals surface area contributed by atoms with Crippen LogP contribution in [-0.4, -0.2) is 139 Å². The molecule has 0 aromatic carbocycles. The van der Waals surface area contributed by atoms with Crippen LogP contribution < -0.4 is 34.5 Å². The van der Waals surface area contributed by atoms with Crippen LogP contribution in [-0.2, 0) is 56.2 Å². The van der Waals surface area contributed by atoms with Gasteiger partial charge in [0.05, 0.1) is 114 Å². The second kappa shape index (κ2) is 40.1. The number of aliphatic hydroxyl groups is 1.